The standard InChI is InChI=1S/C16H19N3O/c1-13-12-19(10-7-17-13)16(20)14-5-4-6-15(11-14)18-8-2-3-9-18/h2-6,8-9,11,13,17H,7,10,12H2,1H3/t13-/m1/s1. The molecule has 1 N–H and O–H groups in total. The van der Waals surface area contributed by atoms with Crippen LogP contribution in [0.5, 0.6) is 0 Å². The van der Waals surface area contributed by atoms with Crippen molar-refractivity contribution in [2.75, 3.05) is 19.6 Å². The van der Waals surface area contributed by atoms with Crippen LogP contribution in [0, 0.1) is 0 Å². The Morgan fingerprint density at radius 1 is 1.25 bits per heavy atom. The van der Waals surface area contributed by atoms with Gasteiger partial charge in [-0.3, -0.25) is 4.79 Å². The van der Waals surface area contributed by atoms with Crippen LogP contribution in [0.4, 0.5) is 0 Å². The van der Waals surface area contributed by atoms with Crippen LogP contribution >= 0.6 is 0 Å². The SMILES string of the molecule is C[C@@H]1CN(C(=O)c2cccc(-n3cccc3)c2)CCN1. The molecule has 1 fully saturated rings. The number of amides is 1. The molecule has 0 unspecified atom stereocenters. The van der Waals surface area contributed by atoms with E-state index < -0.39 is 0 Å². The van der Waals surface area contributed by atoms with E-state index in [1.807, 2.05) is 58.3 Å². The quantitative estimate of drug-likeness (QED) is 0.904. The first-order chi connectivity index (χ1) is 9.74. The number of rotatable bonds is 2. The van der Waals surface area contributed by atoms with E-state index >= 15 is 0 Å². The third kappa shape index (κ3) is 2.60. The highest BCUT2D eigenvalue weighted by Gasteiger charge is 2.21. The van der Waals surface area contributed by atoms with Crippen LogP contribution in [0.2, 0.25) is 0 Å². The molecule has 0 spiro atoms. The molecule has 2 heterocycles. The van der Waals surface area contributed by atoms with E-state index in [0.29, 0.717) is 6.04 Å². The zero-order valence-electron chi connectivity index (χ0n) is 11.6. The first-order valence-electron chi connectivity index (χ1n) is 7.00. The maximum absolute atomic E-state index is 12.6. The maximum Gasteiger partial charge on any atom is 0.254 e. The lowest BCUT2D eigenvalue weighted by Gasteiger charge is -2.32. The summed E-state index contributed by atoms with van der Waals surface area (Å²) in [4.78, 5) is 14.5. The van der Waals surface area contributed by atoms with E-state index in [1.165, 1.54) is 0 Å². The van der Waals surface area contributed by atoms with Crippen molar-refractivity contribution in [2.45, 2.75) is 13.0 Å². The normalized spacial score (nSPS) is 19.1. The monoisotopic (exact) mass is 269 g/mol. The molecule has 4 heteroatoms. The molecule has 0 bridgehead atoms. The molecule has 1 saturated heterocycles. The Morgan fingerprint density at radius 3 is 2.80 bits per heavy atom. The minimum absolute atomic E-state index is 0.118. The zero-order chi connectivity index (χ0) is 13.9. The summed E-state index contributed by atoms with van der Waals surface area (Å²) < 4.78 is 2.01. The van der Waals surface area contributed by atoms with E-state index in [2.05, 4.69) is 12.2 Å². The summed E-state index contributed by atoms with van der Waals surface area (Å²) in [6.45, 7) is 4.52. The number of piperazine rings is 1. The molecule has 2 aromatic rings. The lowest BCUT2D eigenvalue weighted by Crippen LogP contribution is -2.51. The minimum Gasteiger partial charge on any atom is -0.336 e. The van der Waals surface area contributed by atoms with Gasteiger partial charge in [-0.15, -0.1) is 0 Å². The summed E-state index contributed by atoms with van der Waals surface area (Å²) in [5.74, 6) is 0.118. The number of carbonyl (C=O) groups excluding carboxylic acids is 1. The van der Waals surface area contributed by atoms with Gasteiger partial charge >= 0.3 is 0 Å². The van der Waals surface area contributed by atoms with Crippen molar-refractivity contribution in [3.05, 3.63) is 54.4 Å². The molecule has 1 aliphatic heterocycles. The minimum atomic E-state index is 0.118. The van der Waals surface area contributed by atoms with E-state index in [9.17, 15) is 4.79 Å². The summed E-state index contributed by atoms with van der Waals surface area (Å²) in [6.07, 6.45) is 3.97. The van der Waals surface area contributed by atoms with Gasteiger partial charge in [-0.1, -0.05) is 6.07 Å². The van der Waals surface area contributed by atoms with Crippen LogP contribution in [-0.2, 0) is 0 Å². The molecule has 0 saturated carbocycles. The van der Waals surface area contributed by atoms with Gasteiger partial charge in [-0.2, -0.15) is 0 Å². The maximum atomic E-state index is 12.6. The highest BCUT2D eigenvalue weighted by molar-refractivity contribution is 5.94. The average Bonchev–Trinajstić information content (AvgIpc) is 3.01. The second kappa shape index (κ2) is 5.51. The molecule has 1 amide bonds. The Bertz CT molecular complexity index is 592. The molecule has 1 atom stereocenters. The summed E-state index contributed by atoms with van der Waals surface area (Å²) >= 11 is 0. The summed E-state index contributed by atoms with van der Waals surface area (Å²) in [5.41, 5.74) is 1.77. The van der Waals surface area contributed by atoms with Gasteiger partial charge in [-0.25, -0.2) is 0 Å². The first-order valence-corrected chi connectivity index (χ1v) is 7.00. The lowest BCUT2D eigenvalue weighted by atomic mass is 10.1. The molecular weight excluding hydrogens is 250 g/mol. The predicted octanol–water partition coefficient (Wildman–Crippen LogP) is 1.91. The zero-order valence-corrected chi connectivity index (χ0v) is 11.6. The van der Waals surface area contributed by atoms with Gasteiger partial charge in [-0.05, 0) is 37.3 Å². The second-order valence-corrected chi connectivity index (χ2v) is 5.25. The fourth-order valence-electron chi connectivity index (χ4n) is 2.61. The topological polar surface area (TPSA) is 37.3 Å². The van der Waals surface area contributed by atoms with Crippen molar-refractivity contribution in [1.82, 2.24) is 14.8 Å². The van der Waals surface area contributed by atoms with E-state index in [1.54, 1.807) is 0 Å². The molecule has 1 aliphatic rings. The Morgan fingerprint density at radius 2 is 2.05 bits per heavy atom. The Balaban J connectivity index is 1.83. The third-order valence-corrected chi connectivity index (χ3v) is 3.65. The third-order valence-electron chi connectivity index (χ3n) is 3.65. The van der Waals surface area contributed by atoms with Gasteiger partial charge in [0.25, 0.3) is 5.91 Å². The van der Waals surface area contributed by atoms with E-state index in [-0.39, 0.29) is 5.91 Å². The molecule has 3 rings (SSSR count). The molecule has 1 aromatic heterocycles. The molecule has 0 aliphatic carbocycles. The van der Waals surface area contributed by atoms with Crippen molar-refractivity contribution in [3.63, 3.8) is 0 Å². The molecule has 4 nitrogen and oxygen atoms in total. The highest BCUT2D eigenvalue weighted by Crippen LogP contribution is 2.14. The molecule has 20 heavy (non-hydrogen) atoms. The molecule has 0 radical (unpaired) electrons. The second-order valence-electron chi connectivity index (χ2n) is 5.25. The van der Waals surface area contributed by atoms with Gasteiger partial charge in [0.1, 0.15) is 0 Å². The van der Waals surface area contributed by atoms with Crippen LogP contribution in [0.3, 0.4) is 0 Å². The first kappa shape index (κ1) is 12.9. The number of hydrogen-bond donors (Lipinski definition) is 1. The van der Waals surface area contributed by atoms with Crippen molar-refractivity contribution >= 4 is 5.91 Å². The number of carbonyl (C=O) groups is 1. The van der Waals surface area contributed by atoms with Crippen molar-refractivity contribution in [3.8, 4) is 5.69 Å². The smallest absolute Gasteiger partial charge is 0.254 e. The van der Waals surface area contributed by atoms with Crippen LogP contribution in [0.25, 0.3) is 5.69 Å². The lowest BCUT2D eigenvalue weighted by molar-refractivity contribution is 0.0709. The number of nitrogens with one attached hydrogen (secondary N) is 1. The fraction of sp³-hybridized carbons (Fsp3) is 0.312. The van der Waals surface area contributed by atoms with Gasteiger partial charge in [0.05, 0.1) is 0 Å². The summed E-state index contributed by atoms with van der Waals surface area (Å²) in [7, 11) is 0. The van der Waals surface area contributed by atoms with Crippen LogP contribution in [0.1, 0.15) is 17.3 Å². The largest absolute Gasteiger partial charge is 0.336 e. The van der Waals surface area contributed by atoms with Crippen LogP contribution in [0.15, 0.2) is 48.8 Å². The van der Waals surface area contributed by atoms with Crippen molar-refractivity contribution < 1.29 is 4.79 Å². The molecule has 104 valence electrons. The molecule has 1 aromatic carbocycles. The van der Waals surface area contributed by atoms with Crippen molar-refractivity contribution in [1.29, 1.82) is 0 Å². The van der Waals surface area contributed by atoms with Gasteiger partial charge in [0.2, 0.25) is 0 Å². The van der Waals surface area contributed by atoms with Gasteiger partial charge in [0, 0.05) is 49.3 Å². The van der Waals surface area contributed by atoms with Gasteiger partial charge in [0.15, 0.2) is 0 Å². The Kier molecular flexibility index (Phi) is 3.56. The summed E-state index contributed by atoms with van der Waals surface area (Å²) in [6, 6.07) is 12.1. The fourth-order valence-corrected chi connectivity index (χ4v) is 2.61. The van der Waals surface area contributed by atoms with Crippen molar-refractivity contribution in [2.24, 2.45) is 0 Å². The number of hydrogen-bond acceptors (Lipinski definition) is 2. The van der Waals surface area contributed by atoms with E-state index in [0.717, 1.165) is 30.9 Å². The van der Waals surface area contributed by atoms with Crippen LogP contribution in [-0.4, -0.2) is 41.1 Å². The summed E-state index contributed by atoms with van der Waals surface area (Å²) in [5, 5.41) is 3.35. The van der Waals surface area contributed by atoms with Crippen LogP contribution < -0.4 is 5.32 Å². The highest BCUT2D eigenvalue weighted by atomic mass is 16.2. The number of aromatic nitrogens is 1. The van der Waals surface area contributed by atoms with E-state index in [4.69, 9.17) is 0 Å². The Labute approximate surface area is 119 Å². The average molecular weight is 269 g/mol. The molecular formula is C16H19N3O. The number of benzene rings is 1. The Hall–Kier alpha value is -2.07. The number of nitrogens with zero attached hydrogens (tertiary/aromatic N) is 2. The predicted molar refractivity (Wildman–Crippen MR) is 79.1 cm³/mol. The van der Waals surface area contributed by atoms with Gasteiger partial charge < -0.3 is 14.8 Å².